The van der Waals surface area contributed by atoms with Crippen molar-refractivity contribution in [2.75, 3.05) is 17.7 Å². The first kappa shape index (κ1) is 16.6. The maximum Gasteiger partial charge on any atom is 0.272 e. The molecule has 2 amide bonds. The fraction of sp³-hybridized carbons (Fsp3) is 0.158. The number of hydrogen-bond donors (Lipinski definition) is 3. The summed E-state index contributed by atoms with van der Waals surface area (Å²) < 4.78 is 5.19. The van der Waals surface area contributed by atoms with Crippen LogP contribution in [0.15, 0.2) is 42.5 Å². The zero-order valence-corrected chi connectivity index (χ0v) is 14.3. The van der Waals surface area contributed by atoms with Crippen LogP contribution in [0, 0.1) is 6.92 Å². The van der Waals surface area contributed by atoms with Gasteiger partial charge in [-0.25, -0.2) is 0 Å². The summed E-state index contributed by atoms with van der Waals surface area (Å²) in [4.78, 5) is 26.9. The monoisotopic (exact) mass is 337 g/mol. The summed E-state index contributed by atoms with van der Waals surface area (Å²) in [6.45, 7) is 3.29. The summed E-state index contributed by atoms with van der Waals surface area (Å²) >= 11 is 0. The van der Waals surface area contributed by atoms with Gasteiger partial charge in [-0.3, -0.25) is 9.59 Å². The number of fused-ring (bicyclic) bond motifs is 1. The van der Waals surface area contributed by atoms with E-state index in [4.69, 9.17) is 4.74 Å². The highest BCUT2D eigenvalue weighted by atomic mass is 16.5. The van der Waals surface area contributed by atoms with Gasteiger partial charge in [0.05, 0.1) is 7.11 Å². The fourth-order valence-corrected chi connectivity index (χ4v) is 2.64. The van der Waals surface area contributed by atoms with E-state index in [2.05, 4.69) is 15.6 Å². The number of carbonyl (C=O) groups is 2. The molecule has 25 heavy (non-hydrogen) atoms. The number of H-pyrrole nitrogens is 1. The van der Waals surface area contributed by atoms with Crippen LogP contribution in [0.1, 0.15) is 23.0 Å². The van der Waals surface area contributed by atoms with E-state index >= 15 is 0 Å². The summed E-state index contributed by atoms with van der Waals surface area (Å²) in [7, 11) is 1.60. The smallest absolute Gasteiger partial charge is 0.272 e. The maximum absolute atomic E-state index is 12.6. The number of aromatic nitrogens is 1. The molecule has 1 aromatic heterocycles. The van der Waals surface area contributed by atoms with E-state index in [1.54, 1.807) is 31.4 Å². The number of benzene rings is 2. The molecule has 0 saturated carbocycles. The molecule has 0 fully saturated rings. The van der Waals surface area contributed by atoms with Crippen molar-refractivity contribution in [2.45, 2.75) is 13.8 Å². The second kappa shape index (κ2) is 6.68. The Morgan fingerprint density at radius 3 is 2.44 bits per heavy atom. The van der Waals surface area contributed by atoms with Crippen LogP contribution in [-0.2, 0) is 4.79 Å². The summed E-state index contributed by atoms with van der Waals surface area (Å²) in [5.41, 5.74) is 3.39. The molecule has 0 spiro atoms. The summed E-state index contributed by atoms with van der Waals surface area (Å²) in [5, 5.41) is 6.55. The van der Waals surface area contributed by atoms with Gasteiger partial charge in [0, 0.05) is 35.3 Å². The molecule has 3 aromatic rings. The van der Waals surface area contributed by atoms with Crippen LogP contribution >= 0.6 is 0 Å². The lowest BCUT2D eigenvalue weighted by atomic mass is 10.1. The topological polar surface area (TPSA) is 83.2 Å². The SMILES string of the molecule is COc1ccc2cc(C(=O)Nc3cccc(NC(C)=O)c3C)[nH]c2c1. The standard InChI is InChI=1S/C19H19N3O3/c1-11-15(20-12(2)23)5-4-6-16(11)22-19(24)18-9-13-7-8-14(25-3)10-17(13)21-18/h4-10,21H,1-3H3,(H,20,23)(H,22,24). The number of amides is 2. The molecule has 0 aliphatic heterocycles. The molecule has 0 atom stereocenters. The molecule has 0 saturated heterocycles. The van der Waals surface area contributed by atoms with E-state index in [1.807, 2.05) is 25.1 Å². The first-order chi connectivity index (χ1) is 12.0. The number of ether oxygens (including phenoxy) is 1. The van der Waals surface area contributed by atoms with Crippen LogP contribution in [0.2, 0.25) is 0 Å². The predicted molar refractivity (Wildman–Crippen MR) is 98.3 cm³/mol. The van der Waals surface area contributed by atoms with Crippen molar-refractivity contribution in [3.05, 3.63) is 53.7 Å². The lowest BCUT2D eigenvalue weighted by Gasteiger charge is -2.12. The summed E-state index contributed by atoms with van der Waals surface area (Å²) in [6.07, 6.45) is 0. The second-order valence-electron chi connectivity index (χ2n) is 5.75. The minimum Gasteiger partial charge on any atom is -0.497 e. The quantitative estimate of drug-likeness (QED) is 0.679. The van der Waals surface area contributed by atoms with Crippen molar-refractivity contribution in [3.63, 3.8) is 0 Å². The molecule has 6 heteroatoms. The Morgan fingerprint density at radius 1 is 1.04 bits per heavy atom. The highest BCUT2D eigenvalue weighted by molar-refractivity contribution is 6.06. The van der Waals surface area contributed by atoms with Gasteiger partial charge in [-0.05, 0) is 42.8 Å². The fourth-order valence-electron chi connectivity index (χ4n) is 2.64. The van der Waals surface area contributed by atoms with Gasteiger partial charge in [0.25, 0.3) is 5.91 Å². The highest BCUT2D eigenvalue weighted by Crippen LogP contribution is 2.25. The number of aromatic amines is 1. The molecule has 3 rings (SSSR count). The molecule has 3 N–H and O–H groups in total. The van der Waals surface area contributed by atoms with Gasteiger partial charge in [-0.15, -0.1) is 0 Å². The number of anilines is 2. The van der Waals surface area contributed by atoms with Crippen LogP contribution < -0.4 is 15.4 Å². The number of carbonyl (C=O) groups excluding carboxylic acids is 2. The van der Waals surface area contributed by atoms with Gasteiger partial charge in [-0.1, -0.05) is 6.07 Å². The molecule has 0 aliphatic rings. The Kier molecular flexibility index (Phi) is 4.43. The van der Waals surface area contributed by atoms with Crippen molar-refractivity contribution in [1.29, 1.82) is 0 Å². The van der Waals surface area contributed by atoms with Crippen LogP contribution in [0.25, 0.3) is 10.9 Å². The Morgan fingerprint density at radius 2 is 1.76 bits per heavy atom. The van der Waals surface area contributed by atoms with Gasteiger partial charge in [0.1, 0.15) is 11.4 Å². The van der Waals surface area contributed by atoms with Crippen molar-refractivity contribution < 1.29 is 14.3 Å². The minimum absolute atomic E-state index is 0.156. The van der Waals surface area contributed by atoms with Crippen LogP contribution in [-0.4, -0.2) is 23.9 Å². The lowest BCUT2D eigenvalue weighted by Crippen LogP contribution is -2.14. The second-order valence-corrected chi connectivity index (χ2v) is 5.75. The van der Waals surface area contributed by atoms with Gasteiger partial charge >= 0.3 is 0 Å². The van der Waals surface area contributed by atoms with Crippen LogP contribution in [0.5, 0.6) is 5.75 Å². The van der Waals surface area contributed by atoms with Crippen molar-refractivity contribution in [1.82, 2.24) is 4.98 Å². The zero-order valence-electron chi connectivity index (χ0n) is 14.3. The van der Waals surface area contributed by atoms with E-state index in [9.17, 15) is 9.59 Å². The van der Waals surface area contributed by atoms with Crippen molar-refractivity contribution in [2.24, 2.45) is 0 Å². The van der Waals surface area contributed by atoms with E-state index in [0.717, 1.165) is 22.2 Å². The Balaban J connectivity index is 1.86. The lowest BCUT2D eigenvalue weighted by molar-refractivity contribution is -0.114. The van der Waals surface area contributed by atoms with Crippen LogP contribution in [0.4, 0.5) is 11.4 Å². The average molecular weight is 337 g/mol. The van der Waals surface area contributed by atoms with Crippen molar-refractivity contribution >= 4 is 34.1 Å². The van der Waals surface area contributed by atoms with Crippen LogP contribution in [0.3, 0.4) is 0 Å². The van der Waals surface area contributed by atoms with E-state index < -0.39 is 0 Å². The molecule has 6 nitrogen and oxygen atoms in total. The normalized spacial score (nSPS) is 10.5. The summed E-state index contributed by atoms with van der Waals surface area (Å²) in [6, 6.07) is 12.7. The first-order valence-electron chi connectivity index (χ1n) is 7.83. The molecule has 0 aliphatic carbocycles. The minimum atomic E-state index is -0.252. The first-order valence-corrected chi connectivity index (χ1v) is 7.83. The third-order valence-corrected chi connectivity index (χ3v) is 3.97. The third-order valence-electron chi connectivity index (χ3n) is 3.97. The molecule has 1 heterocycles. The number of nitrogens with one attached hydrogen (secondary N) is 3. The Labute approximate surface area is 145 Å². The molecule has 0 unspecified atom stereocenters. The van der Waals surface area contributed by atoms with E-state index in [1.165, 1.54) is 6.92 Å². The maximum atomic E-state index is 12.6. The highest BCUT2D eigenvalue weighted by Gasteiger charge is 2.13. The van der Waals surface area contributed by atoms with Crippen molar-refractivity contribution in [3.8, 4) is 5.75 Å². The number of methoxy groups -OCH3 is 1. The predicted octanol–water partition coefficient (Wildman–Crippen LogP) is 3.70. The van der Waals surface area contributed by atoms with Gasteiger partial charge in [-0.2, -0.15) is 0 Å². The number of rotatable bonds is 4. The average Bonchev–Trinajstić information content (AvgIpc) is 3.01. The largest absolute Gasteiger partial charge is 0.497 e. The van der Waals surface area contributed by atoms with Gasteiger partial charge in [0.2, 0.25) is 5.91 Å². The molecule has 2 aromatic carbocycles. The zero-order chi connectivity index (χ0) is 18.0. The third kappa shape index (κ3) is 3.47. The Hall–Kier alpha value is -3.28. The molecule has 0 bridgehead atoms. The van der Waals surface area contributed by atoms with E-state index in [0.29, 0.717) is 17.1 Å². The van der Waals surface area contributed by atoms with Gasteiger partial charge in [0.15, 0.2) is 0 Å². The molecular weight excluding hydrogens is 318 g/mol. The Bertz CT molecular complexity index is 960. The van der Waals surface area contributed by atoms with Gasteiger partial charge < -0.3 is 20.4 Å². The molecule has 0 radical (unpaired) electrons. The molecular formula is C19H19N3O3. The summed E-state index contributed by atoms with van der Waals surface area (Å²) in [5.74, 6) is 0.314. The van der Waals surface area contributed by atoms with E-state index in [-0.39, 0.29) is 11.8 Å². The molecule has 128 valence electrons. The number of hydrogen-bond acceptors (Lipinski definition) is 3.